The van der Waals surface area contributed by atoms with Gasteiger partial charge in [-0.2, -0.15) is 5.10 Å². The quantitative estimate of drug-likeness (QED) is 0.403. The van der Waals surface area contributed by atoms with Crippen LogP contribution in [0.3, 0.4) is 0 Å². The van der Waals surface area contributed by atoms with E-state index in [1.54, 1.807) is 54.5 Å². The maximum atomic E-state index is 14.3. The SMILES string of the molecule is COC(=O)C1(Oc2cc(-n3cccn3)nc3cc(OC)ccc23)CCCN1C(=O)[C@@H](NC(=O)NC(C)(C)C)C(C)(C)C. The van der Waals surface area contributed by atoms with Gasteiger partial charge in [0.15, 0.2) is 5.82 Å². The van der Waals surface area contributed by atoms with Gasteiger partial charge in [-0.3, -0.25) is 9.69 Å². The van der Waals surface area contributed by atoms with Crippen LogP contribution in [0.25, 0.3) is 16.7 Å². The smallest absolute Gasteiger partial charge is 0.372 e. The van der Waals surface area contributed by atoms with E-state index in [-0.39, 0.29) is 13.0 Å². The molecule has 1 unspecified atom stereocenters. The van der Waals surface area contributed by atoms with Crippen molar-refractivity contribution in [3.63, 3.8) is 0 Å². The Bertz CT molecular complexity index is 1460. The van der Waals surface area contributed by atoms with E-state index in [4.69, 9.17) is 19.2 Å². The Labute approximate surface area is 245 Å². The lowest BCUT2D eigenvalue weighted by Crippen LogP contribution is -2.65. The molecule has 226 valence electrons. The molecule has 1 aliphatic rings. The number of methoxy groups -OCH3 is 2. The molecule has 3 aromatic rings. The van der Waals surface area contributed by atoms with E-state index >= 15 is 0 Å². The second-order valence-electron chi connectivity index (χ2n) is 12.4. The van der Waals surface area contributed by atoms with E-state index in [9.17, 15) is 14.4 Å². The number of urea groups is 1. The van der Waals surface area contributed by atoms with Gasteiger partial charge in [-0.25, -0.2) is 19.3 Å². The fraction of sp³-hybridized carbons (Fsp3) is 0.500. The Balaban J connectivity index is 1.80. The Morgan fingerprint density at radius 1 is 1.07 bits per heavy atom. The van der Waals surface area contributed by atoms with Crippen molar-refractivity contribution in [1.82, 2.24) is 30.3 Å². The number of carbonyl (C=O) groups excluding carboxylic acids is 3. The lowest BCUT2D eigenvalue weighted by Gasteiger charge is -2.40. The van der Waals surface area contributed by atoms with Crippen LogP contribution in [0.1, 0.15) is 54.4 Å². The molecule has 3 amide bonds. The van der Waals surface area contributed by atoms with E-state index < -0.39 is 40.6 Å². The zero-order valence-electron chi connectivity index (χ0n) is 25.5. The number of rotatable bonds is 7. The average molecular weight is 581 g/mol. The Hall–Kier alpha value is -4.35. The molecule has 1 fully saturated rings. The van der Waals surface area contributed by atoms with Gasteiger partial charge in [0.1, 0.15) is 17.5 Å². The number of fused-ring (bicyclic) bond motifs is 1. The largest absolute Gasteiger partial charge is 0.497 e. The number of carbonyl (C=O) groups is 3. The Morgan fingerprint density at radius 2 is 1.81 bits per heavy atom. The van der Waals surface area contributed by atoms with Crippen LogP contribution in [0, 0.1) is 5.41 Å². The number of hydrogen-bond acceptors (Lipinski definition) is 8. The van der Waals surface area contributed by atoms with Crippen molar-refractivity contribution in [3.05, 3.63) is 42.7 Å². The van der Waals surface area contributed by atoms with Crippen LogP contribution in [-0.2, 0) is 14.3 Å². The summed E-state index contributed by atoms with van der Waals surface area (Å²) in [5.41, 5.74) is -2.45. The number of hydrogen-bond donors (Lipinski definition) is 2. The summed E-state index contributed by atoms with van der Waals surface area (Å²) in [5, 5.41) is 10.6. The van der Waals surface area contributed by atoms with Crippen molar-refractivity contribution >= 4 is 28.8 Å². The molecule has 2 N–H and O–H groups in total. The minimum Gasteiger partial charge on any atom is -0.497 e. The van der Waals surface area contributed by atoms with Gasteiger partial charge in [-0.15, -0.1) is 0 Å². The summed E-state index contributed by atoms with van der Waals surface area (Å²) >= 11 is 0. The van der Waals surface area contributed by atoms with E-state index in [2.05, 4.69) is 15.7 Å². The highest BCUT2D eigenvalue weighted by atomic mass is 16.6. The van der Waals surface area contributed by atoms with Crippen molar-refractivity contribution in [2.45, 2.75) is 71.7 Å². The number of esters is 1. The number of amides is 3. The summed E-state index contributed by atoms with van der Waals surface area (Å²) in [7, 11) is 2.82. The monoisotopic (exact) mass is 580 g/mol. The van der Waals surface area contributed by atoms with E-state index in [1.165, 1.54) is 12.0 Å². The van der Waals surface area contributed by atoms with Crippen LogP contribution < -0.4 is 20.1 Å². The lowest BCUT2D eigenvalue weighted by molar-refractivity contribution is -0.181. The molecule has 0 radical (unpaired) electrons. The maximum absolute atomic E-state index is 14.3. The molecule has 3 heterocycles. The third-order valence-corrected chi connectivity index (χ3v) is 6.96. The second kappa shape index (κ2) is 11.5. The number of nitrogens with zero attached hydrogens (tertiary/aromatic N) is 4. The molecule has 42 heavy (non-hydrogen) atoms. The maximum Gasteiger partial charge on any atom is 0.372 e. The van der Waals surface area contributed by atoms with Gasteiger partial charge in [-0.1, -0.05) is 20.8 Å². The molecule has 12 heteroatoms. The highest BCUT2D eigenvalue weighted by molar-refractivity contribution is 5.94. The molecule has 2 aromatic heterocycles. The number of benzene rings is 1. The van der Waals surface area contributed by atoms with Gasteiger partial charge in [0, 0.05) is 48.4 Å². The van der Waals surface area contributed by atoms with Gasteiger partial charge in [-0.05, 0) is 50.8 Å². The van der Waals surface area contributed by atoms with Crippen molar-refractivity contribution in [3.8, 4) is 17.3 Å². The molecule has 0 spiro atoms. The fourth-order valence-corrected chi connectivity index (χ4v) is 4.99. The van der Waals surface area contributed by atoms with Crippen LogP contribution >= 0.6 is 0 Å². The number of likely N-dealkylation sites (tertiary alicyclic amines) is 1. The summed E-state index contributed by atoms with van der Waals surface area (Å²) in [6, 6.07) is 7.28. The number of ether oxygens (including phenoxy) is 3. The molecule has 4 rings (SSSR count). The topological polar surface area (TPSA) is 137 Å². The van der Waals surface area contributed by atoms with E-state index in [0.717, 1.165) is 0 Å². The third kappa shape index (κ3) is 6.27. The predicted molar refractivity (Wildman–Crippen MR) is 156 cm³/mol. The first-order valence-corrected chi connectivity index (χ1v) is 13.8. The second-order valence-corrected chi connectivity index (χ2v) is 12.4. The molecule has 12 nitrogen and oxygen atoms in total. The summed E-state index contributed by atoms with van der Waals surface area (Å²) < 4.78 is 18.8. The summed E-state index contributed by atoms with van der Waals surface area (Å²) in [6.45, 7) is 11.3. The average Bonchev–Trinajstić information content (AvgIpc) is 3.60. The fourth-order valence-electron chi connectivity index (χ4n) is 4.99. The van der Waals surface area contributed by atoms with Gasteiger partial charge >= 0.3 is 12.0 Å². The van der Waals surface area contributed by atoms with Crippen molar-refractivity contribution in [2.24, 2.45) is 5.41 Å². The molecule has 0 aliphatic carbocycles. The molecule has 1 saturated heterocycles. The van der Waals surface area contributed by atoms with Crippen molar-refractivity contribution in [1.29, 1.82) is 0 Å². The standard InChI is InChI=1S/C30H40N6O6/c1-28(2,3)24(33-27(39)34-29(4,5)6)25(37)35-15-9-13-30(35,26(38)41-8)42-22-18-23(36-16-10-14-31-36)32-21-17-19(40-7)11-12-20(21)22/h10-12,14,16-18,24H,9,13,15H2,1-8H3,(H2,33,34,39)/t24-,30?/m1/s1. The first-order chi connectivity index (χ1) is 19.7. The first-order valence-electron chi connectivity index (χ1n) is 13.8. The minimum absolute atomic E-state index is 0.188. The first kappa shape index (κ1) is 30.6. The van der Waals surface area contributed by atoms with Crippen LogP contribution in [0.5, 0.6) is 11.5 Å². The van der Waals surface area contributed by atoms with Gasteiger partial charge < -0.3 is 24.8 Å². The number of aromatic nitrogens is 3. The van der Waals surface area contributed by atoms with Crippen LogP contribution in [-0.4, -0.2) is 75.6 Å². The predicted octanol–water partition coefficient (Wildman–Crippen LogP) is 3.81. The van der Waals surface area contributed by atoms with E-state index in [0.29, 0.717) is 34.6 Å². The van der Waals surface area contributed by atoms with Crippen LogP contribution in [0.15, 0.2) is 42.7 Å². The zero-order chi connectivity index (χ0) is 30.9. The molecular formula is C30H40N6O6. The highest BCUT2D eigenvalue weighted by Gasteiger charge is 2.56. The Morgan fingerprint density at radius 3 is 2.40 bits per heavy atom. The zero-order valence-corrected chi connectivity index (χ0v) is 25.5. The van der Waals surface area contributed by atoms with Crippen LogP contribution in [0.4, 0.5) is 4.79 Å². The van der Waals surface area contributed by atoms with Crippen LogP contribution in [0.2, 0.25) is 0 Å². The van der Waals surface area contributed by atoms with Crippen molar-refractivity contribution < 1.29 is 28.6 Å². The molecule has 0 bridgehead atoms. The summed E-state index contributed by atoms with van der Waals surface area (Å²) in [5.74, 6) is 0.163. The molecular weight excluding hydrogens is 540 g/mol. The number of nitrogens with one attached hydrogen (secondary N) is 2. The molecule has 2 atom stereocenters. The van der Waals surface area contributed by atoms with Gasteiger partial charge in [0.2, 0.25) is 5.91 Å². The summed E-state index contributed by atoms with van der Waals surface area (Å²) in [6.07, 6.45) is 4.03. The number of pyridine rings is 1. The lowest BCUT2D eigenvalue weighted by atomic mass is 9.85. The van der Waals surface area contributed by atoms with E-state index in [1.807, 2.05) is 41.5 Å². The molecule has 1 aliphatic heterocycles. The normalized spacial score (nSPS) is 18.0. The van der Waals surface area contributed by atoms with Gasteiger partial charge in [0.05, 0.1) is 19.7 Å². The molecule has 0 saturated carbocycles. The van der Waals surface area contributed by atoms with Crippen molar-refractivity contribution in [2.75, 3.05) is 20.8 Å². The molecule has 1 aromatic carbocycles. The summed E-state index contributed by atoms with van der Waals surface area (Å²) in [4.78, 5) is 46.9. The third-order valence-electron chi connectivity index (χ3n) is 6.96. The Kier molecular flexibility index (Phi) is 8.38. The highest BCUT2D eigenvalue weighted by Crippen LogP contribution is 2.39. The van der Waals surface area contributed by atoms with Gasteiger partial charge in [0.25, 0.3) is 5.72 Å². The minimum atomic E-state index is -1.78.